The van der Waals surface area contributed by atoms with Crippen LogP contribution in [0.3, 0.4) is 0 Å². The first-order valence-corrected chi connectivity index (χ1v) is 10.4. The van der Waals surface area contributed by atoms with Gasteiger partial charge >= 0.3 is 0 Å². The molecule has 0 aliphatic carbocycles. The van der Waals surface area contributed by atoms with Gasteiger partial charge in [-0.3, -0.25) is 9.48 Å². The summed E-state index contributed by atoms with van der Waals surface area (Å²) in [6.45, 7) is 7.47. The smallest absolute Gasteiger partial charge is 0.144 e. The first kappa shape index (κ1) is 19.6. The predicted molar refractivity (Wildman–Crippen MR) is 112 cm³/mol. The van der Waals surface area contributed by atoms with Gasteiger partial charge in [0.25, 0.3) is 0 Å². The van der Waals surface area contributed by atoms with E-state index in [-0.39, 0.29) is 11.7 Å². The number of nitrogens with zero attached hydrogens (tertiary/aromatic N) is 6. The average Bonchev–Trinajstić information content (AvgIpc) is 3.13. The zero-order chi connectivity index (χ0) is 20.4. The van der Waals surface area contributed by atoms with Gasteiger partial charge in [0.2, 0.25) is 0 Å². The summed E-state index contributed by atoms with van der Waals surface area (Å²) >= 11 is 0. The Morgan fingerprint density at radius 2 is 2.17 bits per heavy atom. The highest BCUT2D eigenvalue weighted by Gasteiger charge is 2.26. The fourth-order valence-corrected chi connectivity index (χ4v) is 4.09. The van der Waals surface area contributed by atoms with Crippen molar-refractivity contribution in [2.24, 2.45) is 18.9 Å². The highest BCUT2D eigenvalue weighted by atomic mass is 16.1. The Bertz CT molecular complexity index is 1010. The van der Waals surface area contributed by atoms with E-state index in [1.807, 2.05) is 31.4 Å². The third-order valence-corrected chi connectivity index (χ3v) is 5.45. The van der Waals surface area contributed by atoms with Gasteiger partial charge in [-0.25, -0.2) is 9.97 Å². The Morgan fingerprint density at radius 1 is 1.31 bits per heavy atom. The van der Waals surface area contributed by atoms with E-state index in [9.17, 15) is 4.79 Å². The molecule has 0 spiro atoms. The van der Waals surface area contributed by atoms with Crippen LogP contribution in [0.25, 0.3) is 22.2 Å². The Balaban J connectivity index is 1.49. The van der Waals surface area contributed by atoms with Gasteiger partial charge in [-0.05, 0) is 31.4 Å². The Kier molecular flexibility index (Phi) is 5.67. The summed E-state index contributed by atoms with van der Waals surface area (Å²) in [5.41, 5.74) is 2.59. The van der Waals surface area contributed by atoms with Crippen molar-refractivity contribution in [3.05, 3.63) is 36.4 Å². The standard InChI is InChI=1S/C22H28N6O/c1-15(2)12-28-8-4-5-18(13-28)21(29)10-22-23-11-17-7-6-16(9-19(17)24-22)20-14-27(3)26-25-20/h6-7,9,11,14-15,18H,4-5,8,10,12-13H2,1-3H3/t18-/m1/s1. The minimum Gasteiger partial charge on any atom is -0.302 e. The number of rotatable bonds is 6. The molecule has 7 nitrogen and oxygen atoms in total. The zero-order valence-electron chi connectivity index (χ0n) is 17.4. The van der Waals surface area contributed by atoms with Crippen molar-refractivity contribution in [3.63, 3.8) is 0 Å². The maximum absolute atomic E-state index is 12.9. The van der Waals surface area contributed by atoms with Crippen molar-refractivity contribution in [1.29, 1.82) is 0 Å². The number of aryl methyl sites for hydroxylation is 1. The van der Waals surface area contributed by atoms with E-state index in [0.717, 1.165) is 54.6 Å². The lowest BCUT2D eigenvalue weighted by molar-refractivity contribution is -0.124. The summed E-state index contributed by atoms with van der Waals surface area (Å²) in [6, 6.07) is 5.96. The van der Waals surface area contributed by atoms with Crippen LogP contribution in [0.1, 0.15) is 32.5 Å². The third kappa shape index (κ3) is 4.67. The largest absolute Gasteiger partial charge is 0.302 e. The molecule has 0 amide bonds. The first-order chi connectivity index (χ1) is 14.0. The van der Waals surface area contributed by atoms with Gasteiger partial charge in [-0.1, -0.05) is 31.2 Å². The summed E-state index contributed by atoms with van der Waals surface area (Å²) in [6.07, 6.45) is 6.03. The molecule has 0 radical (unpaired) electrons. The molecule has 1 atom stereocenters. The van der Waals surface area contributed by atoms with Gasteiger partial charge < -0.3 is 4.90 Å². The number of fused-ring (bicyclic) bond motifs is 1. The topological polar surface area (TPSA) is 76.8 Å². The molecule has 0 saturated carbocycles. The molecule has 1 aliphatic rings. The second-order valence-corrected chi connectivity index (χ2v) is 8.47. The minimum atomic E-state index is 0.0905. The molecule has 29 heavy (non-hydrogen) atoms. The number of Topliss-reactive ketones (excluding diaryl/α,β-unsaturated/α-hetero) is 1. The number of carbonyl (C=O) groups excluding carboxylic acids is 1. The van der Waals surface area contributed by atoms with E-state index in [1.54, 1.807) is 10.9 Å². The van der Waals surface area contributed by atoms with Gasteiger partial charge in [-0.2, -0.15) is 0 Å². The molecular formula is C22H28N6O. The van der Waals surface area contributed by atoms with Crippen LogP contribution >= 0.6 is 0 Å². The molecule has 0 unspecified atom stereocenters. The summed E-state index contributed by atoms with van der Waals surface area (Å²) in [5.74, 6) is 1.56. The molecule has 152 valence electrons. The monoisotopic (exact) mass is 392 g/mol. The molecule has 7 heteroatoms. The number of ketones is 1. The van der Waals surface area contributed by atoms with E-state index >= 15 is 0 Å². The molecule has 1 fully saturated rings. The maximum Gasteiger partial charge on any atom is 0.144 e. The lowest BCUT2D eigenvalue weighted by atomic mass is 9.91. The van der Waals surface area contributed by atoms with Crippen LogP contribution < -0.4 is 0 Å². The summed E-state index contributed by atoms with van der Waals surface area (Å²) in [5, 5.41) is 9.11. The van der Waals surface area contributed by atoms with Crippen molar-refractivity contribution in [2.75, 3.05) is 19.6 Å². The van der Waals surface area contributed by atoms with Crippen LogP contribution in [-0.2, 0) is 18.3 Å². The van der Waals surface area contributed by atoms with Crippen LogP contribution in [0.4, 0.5) is 0 Å². The second-order valence-electron chi connectivity index (χ2n) is 8.47. The first-order valence-electron chi connectivity index (χ1n) is 10.4. The molecule has 0 N–H and O–H groups in total. The SMILES string of the molecule is CC(C)CN1CCC[C@@H](C(=O)Cc2ncc3ccc(-c4cn(C)nn4)cc3n2)C1. The van der Waals surface area contributed by atoms with E-state index in [2.05, 4.69) is 39.0 Å². The molecule has 1 saturated heterocycles. The fourth-order valence-electron chi connectivity index (χ4n) is 4.09. The molecule has 3 heterocycles. The van der Waals surface area contributed by atoms with E-state index in [4.69, 9.17) is 0 Å². The number of hydrogen-bond donors (Lipinski definition) is 0. The van der Waals surface area contributed by atoms with Gasteiger partial charge in [-0.15, -0.1) is 5.10 Å². The molecule has 2 aromatic heterocycles. The van der Waals surface area contributed by atoms with Gasteiger partial charge in [0.15, 0.2) is 0 Å². The maximum atomic E-state index is 12.9. The second kappa shape index (κ2) is 8.37. The number of carbonyl (C=O) groups is 1. The summed E-state index contributed by atoms with van der Waals surface area (Å²) in [7, 11) is 1.84. The van der Waals surface area contributed by atoms with Gasteiger partial charge in [0, 0.05) is 43.2 Å². The molecule has 1 aromatic carbocycles. The Morgan fingerprint density at radius 3 is 2.93 bits per heavy atom. The lowest BCUT2D eigenvalue weighted by Gasteiger charge is -2.33. The van der Waals surface area contributed by atoms with Crippen LogP contribution in [-0.4, -0.2) is 55.3 Å². The highest BCUT2D eigenvalue weighted by molar-refractivity contribution is 5.85. The highest BCUT2D eigenvalue weighted by Crippen LogP contribution is 2.23. The van der Waals surface area contributed by atoms with Crippen molar-refractivity contribution in [1.82, 2.24) is 29.9 Å². The Hall–Kier alpha value is -2.67. The van der Waals surface area contributed by atoms with Crippen molar-refractivity contribution in [3.8, 4) is 11.3 Å². The summed E-state index contributed by atoms with van der Waals surface area (Å²) in [4.78, 5) is 24.4. The number of likely N-dealkylation sites (tertiary alicyclic amines) is 1. The quantitative estimate of drug-likeness (QED) is 0.642. The Labute approximate surface area is 171 Å². The molecule has 4 rings (SSSR count). The normalized spacial score (nSPS) is 17.9. The zero-order valence-corrected chi connectivity index (χ0v) is 17.4. The van der Waals surface area contributed by atoms with Crippen LogP contribution in [0.15, 0.2) is 30.6 Å². The lowest BCUT2D eigenvalue weighted by Crippen LogP contribution is -2.40. The van der Waals surface area contributed by atoms with Gasteiger partial charge in [0.1, 0.15) is 17.3 Å². The molecule has 1 aliphatic heterocycles. The number of hydrogen-bond acceptors (Lipinski definition) is 6. The minimum absolute atomic E-state index is 0.0905. The molecule has 3 aromatic rings. The van der Waals surface area contributed by atoms with Crippen molar-refractivity contribution in [2.45, 2.75) is 33.1 Å². The number of aromatic nitrogens is 5. The van der Waals surface area contributed by atoms with Crippen LogP contribution in [0, 0.1) is 11.8 Å². The van der Waals surface area contributed by atoms with E-state index in [1.165, 1.54) is 0 Å². The van der Waals surface area contributed by atoms with Crippen molar-refractivity contribution >= 4 is 16.7 Å². The molecular weight excluding hydrogens is 364 g/mol. The average molecular weight is 393 g/mol. The van der Waals surface area contributed by atoms with Crippen LogP contribution in [0.2, 0.25) is 0 Å². The number of piperidine rings is 1. The predicted octanol–water partition coefficient (Wildman–Crippen LogP) is 2.90. The van der Waals surface area contributed by atoms with Crippen LogP contribution in [0.5, 0.6) is 0 Å². The van der Waals surface area contributed by atoms with Gasteiger partial charge in [0.05, 0.1) is 18.1 Å². The van der Waals surface area contributed by atoms with E-state index < -0.39 is 0 Å². The number of benzene rings is 1. The third-order valence-electron chi connectivity index (χ3n) is 5.45. The fraction of sp³-hybridized carbons (Fsp3) is 0.500. The van der Waals surface area contributed by atoms with Crippen molar-refractivity contribution < 1.29 is 4.79 Å². The summed E-state index contributed by atoms with van der Waals surface area (Å²) < 4.78 is 1.68. The molecule has 0 bridgehead atoms. The van der Waals surface area contributed by atoms with E-state index in [0.29, 0.717) is 18.2 Å².